The molecule has 2 amide bonds. The van der Waals surface area contributed by atoms with Gasteiger partial charge in [-0.25, -0.2) is 0 Å². The van der Waals surface area contributed by atoms with E-state index in [1.807, 2.05) is 35.2 Å². The van der Waals surface area contributed by atoms with Crippen LogP contribution in [0.3, 0.4) is 0 Å². The summed E-state index contributed by atoms with van der Waals surface area (Å²) >= 11 is 0. The van der Waals surface area contributed by atoms with Gasteiger partial charge in [-0.1, -0.05) is 42.5 Å². The van der Waals surface area contributed by atoms with Crippen LogP contribution in [0, 0.1) is 0 Å². The van der Waals surface area contributed by atoms with Gasteiger partial charge >= 0.3 is 18.5 Å². The van der Waals surface area contributed by atoms with Crippen LogP contribution in [-0.4, -0.2) is 71.3 Å². The first-order valence-corrected chi connectivity index (χ1v) is 17.3. The van der Waals surface area contributed by atoms with Crippen LogP contribution >= 0.6 is 0 Å². The van der Waals surface area contributed by atoms with Gasteiger partial charge in [-0.15, -0.1) is 0 Å². The molecular weight excluding hydrogens is 701 g/mol. The van der Waals surface area contributed by atoms with Crippen molar-refractivity contribution in [3.05, 3.63) is 106 Å². The molecule has 3 aromatic carbocycles. The molecule has 3 aliphatic heterocycles. The van der Waals surface area contributed by atoms with Crippen molar-refractivity contribution in [2.24, 2.45) is 0 Å². The summed E-state index contributed by atoms with van der Waals surface area (Å²) in [6.07, 6.45) is -11.3. The maximum atomic E-state index is 14.0. The molecule has 5 nitrogen and oxygen atoms in total. The van der Waals surface area contributed by atoms with Crippen molar-refractivity contribution in [2.45, 2.75) is 81.0 Å². The van der Waals surface area contributed by atoms with E-state index in [2.05, 4.69) is 4.90 Å². The molecule has 3 fully saturated rings. The number of hydrogen-bond acceptors (Lipinski definition) is 3. The zero-order valence-electron chi connectivity index (χ0n) is 28.1. The van der Waals surface area contributed by atoms with E-state index in [4.69, 9.17) is 0 Å². The third-order valence-corrected chi connectivity index (χ3v) is 10.8. The van der Waals surface area contributed by atoms with Crippen LogP contribution in [0.2, 0.25) is 0 Å². The van der Waals surface area contributed by atoms with Gasteiger partial charge in [0.15, 0.2) is 0 Å². The maximum absolute atomic E-state index is 14.0. The van der Waals surface area contributed by atoms with Crippen LogP contribution in [0.4, 0.5) is 39.5 Å². The number of piperidine rings is 2. The third-order valence-electron chi connectivity index (χ3n) is 10.8. The fourth-order valence-corrected chi connectivity index (χ4v) is 8.05. The SMILES string of the molecule is O=C(c1cc(C(F)(F)F)cc(C(F)(F)F)c1)N1CCC(N2CCC(C(=O)N3CCCC3)(c3ccccc3)CC2)CC1Cc1ccc(C(F)(F)F)cc1. The molecule has 6 rings (SSSR count). The molecule has 0 N–H and O–H groups in total. The quantitative estimate of drug-likeness (QED) is 0.238. The summed E-state index contributed by atoms with van der Waals surface area (Å²) in [6.45, 7) is 2.46. The number of rotatable bonds is 6. The number of carbonyl (C=O) groups excluding carboxylic acids is 2. The van der Waals surface area contributed by atoms with E-state index < -0.39 is 58.1 Å². The summed E-state index contributed by atoms with van der Waals surface area (Å²) in [7, 11) is 0. The Balaban J connectivity index is 1.27. The lowest BCUT2D eigenvalue weighted by atomic mass is 9.71. The van der Waals surface area contributed by atoms with E-state index in [9.17, 15) is 49.1 Å². The molecule has 0 bridgehead atoms. The Labute approximate surface area is 295 Å². The fraction of sp³-hybridized carbons (Fsp3) is 0.474. The van der Waals surface area contributed by atoms with Crippen molar-refractivity contribution < 1.29 is 49.1 Å². The van der Waals surface area contributed by atoms with Gasteiger partial charge in [0.1, 0.15) is 0 Å². The molecule has 0 spiro atoms. The minimum atomic E-state index is -5.15. The van der Waals surface area contributed by atoms with Gasteiger partial charge in [0.05, 0.1) is 22.1 Å². The van der Waals surface area contributed by atoms with E-state index in [1.54, 1.807) is 0 Å². The van der Waals surface area contributed by atoms with E-state index in [0.717, 1.165) is 30.5 Å². The monoisotopic (exact) mass is 739 g/mol. The summed E-state index contributed by atoms with van der Waals surface area (Å²) in [5, 5.41) is 0. The van der Waals surface area contributed by atoms with E-state index in [1.165, 1.54) is 17.0 Å². The first kappa shape index (κ1) is 37.7. The van der Waals surface area contributed by atoms with Crippen LogP contribution in [0.15, 0.2) is 72.8 Å². The van der Waals surface area contributed by atoms with Gasteiger partial charge in [-0.3, -0.25) is 9.59 Å². The summed E-state index contributed by atoms with van der Waals surface area (Å²) in [4.78, 5) is 33.3. The first-order chi connectivity index (χ1) is 24.5. The number of likely N-dealkylation sites (tertiary alicyclic amines) is 3. The highest BCUT2D eigenvalue weighted by Crippen LogP contribution is 2.41. The number of nitrogens with zero attached hydrogens (tertiary/aromatic N) is 3. The molecule has 0 aromatic heterocycles. The Morgan fingerprint density at radius 1 is 0.673 bits per heavy atom. The molecule has 2 atom stereocenters. The molecule has 0 aliphatic carbocycles. The topological polar surface area (TPSA) is 43.9 Å². The van der Waals surface area contributed by atoms with E-state index >= 15 is 0 Å². The minimum Gasteiger partial charge on any atom is -0.342 e. The Morgan fingerprint density at radius 3 is 1.77 bits per heavy atom. The molecule has 14 heteroatoms. The fourth-order valence-electron chi connectivity index (χ4n) is 8.05. The second-order valence-electron chi connectivity index (χ2n) is 14.0. The second-order valence-corrected chi connectivity index (χ2v) is 14.0. The van der Waals surface area contributed by atoms with Crippen molar-refractivity contribution in [1.82, 2.24) is 14.7 Å². The molecule has 3 aromatic rings. The van der Waals surface area contributed by atoms with Crippen molar-refractivity contribution in [3.8, 4) is 0 Å². The Bertz CT molecular complexity index is 1690. The summed E-state index contributed by atoms with van der Waals surface area (Å²) in [6, 6.07) is 13.8. The van der Waals surface area contributed by atoms with Gasteiger partial charge in [0, 0.05) is 37.3 Å². The van der Waals surface area contributed by atoms with Crippen LogP contribution in [0.1, 0.15) is 76.7 Å². The number of amides is 2. The normalized spacial score (nSPS) is 21.7. The van der Waals surface area contributed by atoms with Gasteiger partial charge < -0.3 is 14.7 Å². The number of benzene rings is 3. The molecule has 280 valence electrons. The maximum Gasteiger partial charge on any atom is 0.416 e. The molecule has 0 saturated carbocycles. The predicted molar refractivity (Wildman–Crippen MR) is 174 cm³/mol. The molecule has 52 heavy (non-hydrogen) atoms. The first-order valence-electron chi connectivity index (χ1n) is 17.3. The van der Waals surface area contributed by atoms with Gasteiger partial charge in [0.2, 0.25) is 5.91 Å². The lowest BCUT2D eigenvalue weighted by Gasteiger charge is -2.48. The van der Waals surface area contributed by atoms with Crippen molar-refractivity contribution in [1.29, 1.82) is 0 Å². The lowest BCUT2D eigenvalue weighted by Crippen LogP contribution is -2.57. The average Bonchev–Trinajstić information content (AvgIpc) is 3.66. The Hall–Kier alpha value is -4.07. The van der Waals surface area contributed by atoms with Gasteiger partial charge in [0.25, 0.3) is 5.91 Å². The van der Waals surface area contributed by atoms with Crippen LogP contribution < -0.4 is 0 Å². The van der Waals surface area contributed by atoms with Crippen LogP contribution in [-0.2, 0) is 35.2 Å². The van der Waals surface area contributed by atoms with Crippen molar-refractivity contribution in [2.75, 3.05) is 32.7 Å². The standard InChI is InChI=1S/C38H38F9N3O2/c39-36(40,41)28-10-8-25(9-11-28)20-32-24-31(12-17-50(32)33(51)26-21-29(37(42,43)44)23-30(22-26)38(45,46)47)48-18-13-35(14-19-48,27-6-2-1-3-7-27)34(52)49-15-4-5-16-49/h1-3,6-11,21-23,31-32H,4-5,12-20,24H2. The molecule has 3 saturated heterocycles. The third kappa shape index (κ3) is 7.96. The number of hydrogen-bond donors (Lipinski definition) is 0. The molecule has 2 unspecified atom stereocenters. The van der Waals surface area contributed by atoms with E-state index in [0.29, 0.717) is 63.1 Å². The highest BCUT2D eigenvalue weighted by Gasteiger charge is 2.47. The van der Waals surface area contributed by atoms with Crippen LogP contribution in [0.25, 0.3) is 0 Å². The van der Waals surface area contributed by atoms with Gasteiger partial charge in [-0.2, -0.15) is 39.5 Å². The molecule has 0 radical (unpaired) electrons. The zero-order chi connectivity index (χ0) is 37.5. The minimum absolute atomic E-state index is 0.000561. The molecular formula is C38H38F9N3O2. The Kier molecular flexibility index (Phi) is 10.4. The van der Waals surface area contributed by atoms with Crippen LogP contribution in [0.5, 0.6) is 0 Å². The zero-order valence-corrected chi connectivity index (χ0v) is 28.1. The summed E-state index contributed by atoms with van der Waals surface area (Å²) in [5.74, 6) is -0.930. The van der Waals surface area contributed by atoms with Crippen molar-refractivity contribution in [3.63, 3.8) is 0 Å². The summed E-state index contributed by atoms with van der Waals surface area (Å²) in [5.41, 5.74) is -4.24. The highest BCUT2D eigenvalue weighted by molar-refractivity contribution is 5.95. The Morgan fingerprint density at radius 2 is 1.23 bits per heavy atom. The van der Waals surface area contributed by atoms with Crippen molar-refractivity contribution >= 4 is 11.8 Å². The number of halogens is 9. The molecule has 3 heterocycles. The molecule has 3 aliphatic rings. The summed E-state index contributed by atoms with van der Waals surface area (Å²) < 4.78 is 122. The number of alkyl halides is 9. The average molecular weight is 740 g/mol. The van der Waals surface area contributed by atoms with Gasteiger partial charge in [-0.05, 0) is 99.5 Å². The van der Waals surface area contributed by atoms with E-state index in [-0.39, 0.29) is 37.4 Å². The number of carbonyl (C=O) groups is 2. The highest BCUT2D eigenvalue weighted by atomic mass is 19.4. The largest absolute Gasteiger partial charge is 0.416 e. The lowest BCUT2D eigenvalue weighted by molar-refractivity contribution is -0.143. The second kappa shape index (κ2) is 14.4. The predicted octanol–water partition coefficient (Wildman–Crippen LogP) is 8.62. The smallest absolute Gasteiger partial charge is 0.342 e.